The molecule has 0 aromatic heterocycles. The maximum absolute atomic E-state index is 5.78. The number of fused-ring (bicyclic) bond motifs is 1. The molecule has 1 atom stereocenters. The van der Waals surface area contributed by atoms with Crippen LogP contribution in [0.5, 0.6) is 5.75 Å². The summed E-state index contributed by atoms with van der Waals surface area (Å²) in [5.74, 6) is 2.11. The van der Waals surface area contributed by atoms with Crippen LogP contribution in [0.15, 0.2) is 47.4 Å². The lowest BCUT2D eigenvalue weighted by Gasteiger charge is -2.27. The van der Waals surface area contributed by atoms with Crippen LogP contribution in [-0.2, 0) is 0 Å². The van der Waals surface area contributed by atoms with E-state index < -0.39 is 0 Å². The molecule has 110 valence electrons. The molecule has 0 bridgehead atoms. The third-order valence-corrected chi connectivity index (χ3v) is 4.85. The highest BCUT2D eigenvalue weighted by molar-refractivity contribution is 7.99. The van der Waals surface area contributed by atoms with Gasteiger partial charge in [0.25, 0.3) is 0 Å². The second kappa shape index (κ2) is 6.44. The van der Waals surface area contributed by atoms with Crippen molar-refractivity contribution in [1.29, 1.82) is 0 Å². The Morgan fingerprint density at radius 1 is 1.24 bits per heavy atom. The standard InChI is InChI=1S/C18H21NOS/c1-3-20-17-12-13(2)8-9-16(17)19-15-10-11-21-18-7-5-4-6-14(15)18/h4-9,12,15,19H,3,10-11H2,1-2H3. The molecule has 0 saturated carbocycles. The number of rotatable bonds is 4. The Kier molecular flexibility index (Phi) is 4.39. The van der Waals surface area contributed by atoms with E-state index >= 15 is 0 Å². The molecule has 3 heteroatoms. The Morgan fingerprint density at radius 3 is 2.95 bits per heavy atom. The number of nitrogens with one attached hydrogen (secondary N) is 1. The fourth-order valence-electron chi connectivity index (χ4n) is 2.70. The molecule has 0 radical (unpaired) electrons. The van der Waals surface area contributed by atoms with Gasteiger partial charge in [0.2, 0.25) is 0 Å². The first-order chi connectivity index (χ1) is 10.3. The van der Waals surface area contributed by atoms with Crippen LogP contribution in [0, 0.1) is 6.92 Å². The van der Waals surface area contributed by atoms with Crippen LogP contribution >= 0.6 is 11.8 Å². The van der Waals surface area contributed by atoms with Crippen LogP contribution in [0.2, 0.25) is 0 Å². The molecule has 1 N–H and O–H groups in total. The zero-order valence-corrected chi connectivity index (χ0v) is 13.4. The van der Waals surface area contributed by atoms with Crippen molar-refractivity contribution in [2.75, 3.05) is 17.7 Å². The number of hydrogen-bond donors (Lipinski definition) is 1. The first kappa shape index (κ1) is 14.3. The van der Waals surface area contributed by atoms with Crippen molar-refractivity contribution in [3.8, 4) is 5.75 Å². The summed E-state index contributed by atoms with van der Waals surface area (Å²) in [6, 6.07) is 15.4. The summed E-state index contributed by atoms with van der Waals surface area (Å²) < 4.78 is 5.78. The average Bonchev–Trinajstić information content (AvgIpc) is 2.50. The Morgan fingerprint density at radius 2 is 2.10 bits per heavy atom. The van der Waals surface area contributed by atoms with Gasteiger partial charge in [0, 0.05) is 10.6 Å². The molecule has 2 aromatic rings. The normalized spacial score (nSPS) is 17.1. The van der Waals surface area contributed by atoms with E-state index in [1.54, 1.807) is 0 Å². The van der Waals surface area contributed by atoms with Gasteiger partial charge in [-0.3, -0.25) is 0 Å². The molecule has 1 unspecified atom stereocenters. The third kappa shape index (κ3) is 3.18. The molecule has 0 spiro atoms. The summed E-state index contributed by atoms with van der Waals surface area (Å²) in [5, 5.41) is 3.68. The second-order valence-electron chi connectivity index (χ2n) is 5.30. The number of hydrogen-bond acceptors (Lipinski definition) is 3. The predicted octanol–water partition coefficient (Wildman–Crippen LogP) is 5.04. The molecule has 2 nitrogen and oxygen atoms in total. The summed E-state index contributed by atoms with van der Waals surface area (Å²) in [7, 11) is 0. The summed E-state index contributed by atoms with van der Waals surface area (Å²) >= 11 is 1.95. The second-order valence-corrected chi connectivity index (χ2v) is 6.44. The van der Waals surface area contributed by atoms with Crippen LogP contribution in [0.4, 0.5) is 5.69 Å². The largest absolute Gasteiger partial charge is 0.492 e. The van der Waals surface area contributed by atoms with Gasteiger partial charge in [-0.1, -0.05) is 24.3 Å². The molecule has 0 aliphatic carbocycles. The van der Waals surface area contributed by atoms with Gasteiger partial charge in [-0.05, 0) is 49.6 Å². The molecule has 2 aromatic carbocycles. The first-order valence-electron chi connectivity index (χ1n) is 7.49. The predicted molar refractivity (Wildman–Crippen MR) is 90.5 cm³/mol. The third-order valence-electron chi connectivity index (χ3n) is 3.73. The van der Waals surface area contributed by atoms with E-state index in [1.807, 2.05) is 18.7 Å². The zero-order chi connectivity index (χ0) is 14.7. The van der Waals surface area contributed by atoms with Crippen molar-refractivity contribution in [3.05, 3.63) is 53.6 Å². The SMILES string of the molecule is CCOc1cc(C)ccc1NC1CCSc2ccccc21. The Hall–Kier alpha value is -1.61. The van der Waals surface area contributed by atoms with Gasteiger partial charge in [0.15, 0.2) is 0 Å². The van der Waals surface area contributed by atoms with Gasteiger partial charge in [-0.2, -0.15) is 0 Å². The minimum Gasteiger partial charge on any atom is -0.492 e. The van der Waals surface area contributed by atoms with Crippen LogP contribution in [-0.4, -0.2) is 12.4 Å². The van der Waals surface area contributed by atoms with Gasteiger partial charge < -0.3 is 10.1 Å². The fraction of sp³-hybridized carbons (Fsp3) is 0.333. The van der Waals surface area contributed by atoms with Gasteiger partial charge in [-0.25, -0.2) is 0 Å². The topological polar surface area (TPSA) is 21.3 Å². The average molecular weight is 299 g/mol. The molecular weight excluding hydrogens is 278 g/mol. The summed E-state index contributed by atoms with van der Waals surface area (Å²) in [4.78, 5) is 1.39. The van der Waals surface area contributed by atoms with E-state index in [0.717, 1.165) is 23.6 Å². The van der Waals surface area contributed by atoms with Crippen molar-refractivity contribution in [3.63, 3.8) is 0 Å². The monoisotopic (exact) mass is 299 g/mol. The van der Waals surface area contributed by atoms with Gasteiger partial charge in [0.05, 0.1) is 18.3 Å². The molecule has 1 aliphatic rings. The maximum atomic E-state index is 5.78. The van der Waals surface area contributed by atoms with E-state index in [9.17, 15) is 0 Å². The lowest BCUT2D eigenvalue weighted by molar-refractivity contribution is 0.341. The summed E-state index contributed by atoms with van der Waals surface area (Å²) in [6.45, 7) is 4.81. The molecule has 1 aliphatic heterocycles. The molecular formula is C18H21NOS. The highest BCUT2D eigenvalue weighted by Crippen LogP contribution is 2.39. The van der Waals surface area contributed by atoms with Gasteiger partial charge in [-0.15, -0.1) is 11.8 Å². The summed E-state index contributed by atoms with van der Waals surface area (Å²) in [6.07, 6.45) is 1.14. The van der Waals surface area contributed by atoms with Crippen LogP contribution in [0.1, 0.15) is 30.5 Å². The minimum absolute atomic E-state index is 0.365. The molecule has 21 heavy (non-hydrogen) atoms. The van der Waals surface area contributed by atoms with E-state index in [2.05, 4.69) is 54.7 Å². The molecule has 0 fully saturated rings. The van der Waals surface area contributed by atoms with Crippen LogP contribution in [0.25, 0.3) is 0 Å². The smallest absolute Gasteiger partial charge is 0.142 e. The van der Waals surface area contributed by atoms with Crippen molar-refractivity contribution < 1.29 is 4.74 Å². The highest BCUT2D eigenvalue weighted by atomic mass is 32.2. The van der Waals surface area contributed by atoms with Crippen LogP contribution in [0.3, 0.4) is 0 Å². The Labute approximate surface area is 130 Å². The molecule has 0 saturated heterocycles. The lowest BCUT2D eigenvalue weighted by Crippen LogP contribution is -2.16. The molecule has 1 heterocycles. The van der Waals surface area contributed by atoms with Crippen molar-refractivity contribution in [2.45, 2.75) is 31.2 Å². The number of aryl methyl sites for hydroxylation is 1. The Balaban J connectivity index is 1.88. The van der Waals surface area contributed by atoms with Crippen molar-refractivity contribution >= 4 is 17.4 Å². The number of anilines is 1. The van der Waals surface area contributed by atoms with Crippen LogP contribution < -0.4 is 10.1 Å². The lowest BCUT2D eigenvalue weighted by atomic mass is 10.0. The van der Waals surface area contributed by atoms with Crippen molar-refractivity contribution in [2.24, 2.45) is 0 Å². The minimum atomic E-state index is 0.365. The van der Waals surface area contributed by atoms with E-state index in [4.69, 9.17) is 4.74 Å². The van der Waals surface area contributed by atoms with Gasteiger partial charge >= 0.3 is 0 Å². The van der Waals surface area contributed by atoms with E-state index in [0.29, 0.717) is 12.6 Å². The summed E-state index contributed by atoms with van der Waals surface area (Å²) in [5.41, 5.74) is 3.72. The number of ether oxygens (including phenoxy) is 1. The first-order valence-corrected chi connectivity index (χ1v) is 8.48. The molecule has 3 rings (SSSR count). The maximum Gasteiger partial charge on any atom is 0.142 e. The van der Waals surface area contributed by atoms with E-state index in [1.165, 1.54) is 16.0 Å². The Bertz CT molecular complexity index is 626. The van der Waals surface area contributed by atoms with E-state index in [-0.39, 0.29) is 0 Å². The quantitative estimate of drug-likeness (QED) is 0.854. The zero-order valence-electron chi connectivity index (χ0n) is 12.6. The van der Waals surface area contributed by atoms with Gasteiger partial charge in [0.1, 0.15) is 5.75 Å². The van der Waals surface area contributed by atoms with Crippen molar-refractivity contribution in [1.82, 2.24) is 0 Å². The fourth-order valence-corrected chi connectivity index (χ4v) is 3.83. The molecule has 0 amide bonds. The highest BCUT2D eigenvalue weighted by Gasteiger charge is 2.21. The number of benzene rings is 2. The number of thioether (sulfide) groups is 1.